The molecule has 2 aromatic rings. The van der Waals surface area contributed by atoms with E-state index < -0.39 is 0 Å². The van der Waals surface area contributed by atoms with Crippen LogP contribution in [0.4, 0.5) is 0 Å². The molecule has 1 saturated carbocycles. The van der Waals surface area contributed by atoms with E-state index in [-0.39, 0.29) is 0 Å². The zero-order chi connectivity index (χ0) is 12.4. The van der Waals surface area contributed by atoms with Gasteiger partial charge in [-0.15, -0.1) is 22.7 Å². The summed E-state index contributed by atoms with van der Waals surface area (Å²) in [4.78, 5) is 1.55. The molecule has 0 saturated heterocycles. The van der Waals surface area contributed by atoms with Crippen molar-refractivity contribution in [1.82, 2.24) is 5.32 Å². The maximum atomic E-state index is 3.73. The highest BCUT2D eigenvalue weighted by atomic mass is 32.1. The minimum atomic E-state index is 0.593. The fourth-order valence-corrected chi connectivity index (χ4v) is 4.66. The largest absolute Gasteiger partial charge is 0.309 e. The molecule has 98 valence electrons. The van der Waals surface area contributed by atoms with Crippen LogP contribution >= 0.6 is 22.7 Å². The Kier molecular flexibility index (Phi) is 4.02. The van der Waals surface area contributed by atoms with Gasteiger partial charge in [-0.3, -0.25) is 0 Å². The first-order valence-electron chi connectivity index (χ1n) is 7.07. The van der Waals surface area contributed by atoms with Crippen molar-refractivity contribution in [2.75, 3.05) is 6.54 Å². The lowest BCUT2D eigenvalue weighted by atomic mass is 10.1. The van der Waals surface area contributed by atoms with Crippen LogP contribution in [0.2, 0.25) is 0 Å². The van der Waals surface area contributed by atoms with Crippen molar-refractivity contribution in [2.45, 2.75) is 45.1 Å². The van der Waals surface area contributed by atoms with E-state index in [1.807, 2.05) is 22.7 Å². The Morgan fingerprint density at radius 1 is 1.39 bits per heavy atom. The van der Waals surface area contributed by atoms with Crippen LogP contribution in [0.1, 0.15) is 49.9 Å². The molecular formula is C15H21NS2. The number of hydrogen-bond acceptors (Lipinski definition) is 3. The third-order valence-corrected chi connectivity index (χ3v) is 5.91. The number of fused-ring (bicyclic) bond motifs is 1. The zero-order valence-corrected chi connectivity index (χ0v) is 12.6. The Labute approximate surface area is 117 Å². The molecule has 2 aromatic heterocycles. The predicted molar refractivity (Wildman–Crippen MR) is 82.7 cm³/mol. The average molecular weight is 279 g/mol. The molecule has 3 rings (SSSR count). The smallest absolute Gasteiger partial charge is 0.0454 e. The third-order valence-electron chi connectivity index (χ3n) is 3.70. The Bertz CT molecular complexity index is 467. The van der Waals surface area contributed by atoms with Crippen LogP contribution in [0.5, 0.6) is 0 Å². The van der Waals surface area contributed by atoms with E-state index in [2.05, 4.69) is 29.8 Å². The van der Waals surface area contributed by atoms with Crippen LogP contribution in [-0.2, 0) is 0 Å². The van der Waals surface area contributed by atoms with E-state index in [0.29, 0.717) is 6.04 Å². The summed E-state index contributed by atoms with van der Waals surface area (Å²) >= 11 is 3.85. The maximum Gasteiger partial charge on any atom is 0.0454 e. The van der Waals surface area contributed by atoms with Crippen molar-refractivity contribution < 1.29 is 0 Å². The van der Waals surface area contributed by atoms with Crippen LogP contribution in [0.25, 0.3) is 9.40 Å². The van der Waals surface area contributed by atoms with Gasteiger partial charge in [-0.1, -0.05) is 19.8 Å². The second-order valence-corrected chi connectivity index (χ2v) is 7.39. The predicted octanol–water partition coefficient (Wildman–Crippen LogP) is 5.19. The van der Waals surface area contributed by atoms with Gasteiger partial charge in [0.05, 0.1) is 0 Å². The van der Waals surface area contributed by atoms with Gasteiger partial charge in [-0.25, -0.2) is 0 Å². The van der Waals surface area contributed by atoms with E-state index in [1.54, 1.807) is 4.88 Å². The molecule has 0 spiro atoms. The molecule has 2 heterocycles. The number of nitrogens with one attached hydrogen (secondary N) is 1. The van der Waals surface area contributed by atoms with Gasteiger partial charge in [0, 0.05) is 20.3 Å². The van der Waals surface area contributed by atoms with E-state index in [4.69, 9.17) is 0 Å². The van der Waals surface area contributed by atoms with Crippen molar-refractivity contribution in [2.24, 2.45) is 5.92 Å². The lowest BCUT2D eigenvalue weighted by Crippen LogP contribution is -2.21. The van der Waals surface area contributed by atoms with Crippen LogP contribution in [-0.4, -0.2) is 6.54 Å². The summed E-state index contributed by atoms with van der Waals surface area (Å²) in [5, 5.41) is 5.93. The summed E-state index contributed by atoms with van der Waals surface area (Å²) in [5.74, 6) is 1.04. The second kappa shape index (κ2) is 5.72. The molecule has 1 unspecified atom stereocenters. The van der Waals surface area contributed by atoms with E-state index in [9.17, 15) is 0 Å². The number of hydrogen-bond donors (Lipinski definition) is 1. The Hall–Kier alpha value is -0.380. The fraction of sp³-hybridized carbons (Fsp3) is 0.600. The Morgan fingerprint density at radius 3 is 3.00 bits per heavy atom. The first kappa shape index (κ1) is 12.6. The summed E-state index contributed by atoms with van der Waals surface area (Å²) in [6.07, 6.45) is 6.89. The SMILES string of the molecule is CCCNC(CCC1CC1)c1cc2sccc2s1. The first-order chi connectivity index (χ1) is 8.86. The summed E-state index contributed by atoms with van der Waals surface area (Å²) in [6.45, 7) is 3.39. The molecule has 18 heavy (non-hydrogen) atoms. The van der Waals surface area contributed by atoms with Crippen molar-refractivity contribution in [3.8, 4) is 0 Å². The van der Waals surface area contributed by atoms with Crippen molar-refractivity contribution in [3.05, 3.63) is 22.4 Å². The molecule has 1 atom stereocenters. The summed E-state index contributed by atoms with van der Waals surface area (Å²) in [6, 6.07) is 5.26. The van der Waals surface area contributed by atoms with Gasteiger partial charge in [0.1, 0.15) is 0 Å². The molecule has 1 nitrogen and oxygen atoms in total. The van der Waals surface area contributed by atoms with Gasteiger partial charge < -0.3 is 5.32 Å². The number of thiophene rings is 2. The van der Waals surface area contributed by atoms with Crippen molar-refractivity contribution in [1.29, 1.82) is 0 Å². The Balaban J connectivity index is 1.70. The molecule has 0 amide bonds. The topological polar surface area (TPSA) is 12.0 Å². The summed E-state index contributed by atoms with van der Waals surface area (Å²) in [7, 11) is 0. The van der Waals surface area contributed by atoms with Gasteiger partial charge >= 0.3 is 0 Å². The van der Waals surface area contributed by atoms with E-state index in [1.165, 1.54) is 41.5 Å². The van der Waals surface area contributed by atoms with Gasteiger partial charge in [-0.2, -0.15) is 0 Å². The van der Waals surface area contributed by atoms with E-state index >= 15 is 0 Å². The monoisotopic (exact) mass is 279 g/mol. The van der Waals surface area contributed by atoms with Crippen molar-refractivity contribution in [3.63, 3.8) is 0 Å². The molecule has 0 bridgehead atoms. The molecule has 1 aliphatic rings. The zero-order valence-electron chi connectivity index (χ0n) is 10.9. The normalized spacial score (nSPS) is 17.4. The quantitative estimate of drug-likeness (QED) is 0.735. The number of rotatable bonds is 7. The minimum absolute atomic E-state index is 0.593. The standard InChI is InChI=1S/C15H21NS2/c1-2-8-16-12(6-5-11-3-4-11)14-10-15-13(18-14)7-9-17-15/h7,9-12,16H,2-6,8H2,1H3. The second-order valence-electron chi connectivity index (χ2n) is 5.33. The Morgan fingerprint density at radius 2 is 2.28 bits per heavy atom. The van der Waals surface area contributed by atoms with Crippen LogP contribution in [0.15, 0.2) is 17.5 Å². The summed E-state index contributed by atoms with van der Waals surface area (Å²) in [5.41, 5.74) is 0. The van der Waals surface area contributed by atoms with Crippen molar-refractivity contribution >= 4 is 32.1 Å². The highest BCUT2D eigenvalue weighted by molar-refractivity contribution is 7.26. The van der Waals surface area contributed by atoms with Gasteiger partial charge in [0.2, 0.25) is 0 Å². The first-order valence-corrected chi connectivity index (χ1v) is 8.76. The minimum Gasteiger partial charge on any atom is -0.309 e. The lowest BCUT2D eigenvalue weighted by molar-refractivity contribution is 0.476. The molecule has 3 heteroatoms. The molecule has 1 fully saturated rings. The molecule has 0 radical (unpaired) electrons. The highest BCUT2D eigenvalue weighted by Crippen LogP contribution is 2.39. The highest BCUT2D eigenvalue weighted by Gasteiger charge is 2.23. The molecule has 1 N–H and O–H groups in total. The van der Waals surface area contributed by atoms with Gasteiger partial charge in [-0.05, 0) is 49.2 Å². The average Bonchev–Trinajstić information content (AvgIpc) is 2.94. The third kappa shape index (κ3) is 2.95. The summed E-state index contributed by atoms with van der Waals surface area (Å²) < 4.78 is 2.93. The van der Waals surface area contributed by atoms with Gasteiger partial charge in [0.25, 0.3) is 0 Å². The maximum absolute atomic E-state index is 3.73. The van der Waals surface area contributed by atoms with Crippen LogP contribution in [0, 0.1) is 5.92 Å². The van der Waals surface area contributed by atoms with Crippen LogP contribution < -0.4 is 5.32 Å². The molecule has 0 aromatic carbocycles. The van der Waals surface area contributed by atoms with E-state index in [0.717, 1.165) is 12.5 Å². The fourth-order valence-electron chi connectivity index (χ4n) is 2.43. The molecule has 0 aliphatic heterocycles. The lowest BCUT2D eigenvalue weighted by Gasteiger charge is -2.16. The molecular weight excluding hydrogens is 258 g/mol. The van der Waals surface area contributed by atoms with Gasteiger partial charge in [0.15, 0.2) is 0 Å². The van der Waals surface area contributed by atoms with Crippen LogP contribution in [0.3, 0.4) is 0 Å². The molecule has 1 aliphatic carbocycles.